The molecule has 0 saturated carbocycles. The van der Waals surface area contributed by atoms with Crippen LogP contribution in [0.4, 0.5) is 0 Å². The van der Waals surface area contributed by atoms with E-state index >= 15 is 0 Å². The number of benzene rings is 1. The average molecular weight is 390 g/mol. The van der Waals surface area contributed by atoms with Gasteiger partial charge in [-0.05, 0) is 18.9 Å². The molecule has 5 rings (SSSR count). The monoisotopic (exact) mass is 390 g/mol. The molecule has 0 spiro atoms. The summed E-state index contributed by atoms with van der Waals surface area (Å²) in [5.74, 6) is 0.141. The molecule has 29 heavy (non-hydrogen) atoms. The summed E-state index contributed by atoms with van der Waals surface area (Å²) in [6, 6.07) is 11.6. The fraction of sp³-hybridized carbons (Fsp3) is 0.333. The summed E-state index contributed by atoms with van der Waals surface area (Å²) in [5.41, 5.74) is 8.17. The second kappa shape index (κ2) is 6.58. The van der Waals surface area contributed by atoms with Crippen molar-refractivity contribution in [3.05, 3.63) is 59.7 Å². The number of fused-ring (bicyclic) bond motifs is 3. The zero-order valence-electron chi connectivity index (χ0n) is 16.2. The van der Waals surface area contributed by atoms with Gasteiger partial charge in [0.25, 0.3) is 11.8 Å². The largest absolute Gasteiger partial charge is 0.364 e. The molecule has 2 aliphatic heterocycles. The minimum absolute atomic E-state index is 0.00850. The molecular formula is C21H22N6O2. The van der Waals surface area contributed by atoms with E-state index in [-0.39, 0.29) is 18.0 Å². The maximum atomic E-state index is 13.2. The Morgan fingerprint density at radius 2 is 1.86 bits per heavy atom. The Morgan fingerprint density at radius 1 is 1.10 bits per heavy atom. The van der Waals surface area contributed by atoms with Crippen molar-refractivity contribution in [3.63, 3.8) is 0 Å². The van der Waals surface area contributed by atoms with E-state index in [0.717, 1.165) is 29.9 Å². The molecule has 0 radical (unpaired) electrons. The Hall–Kier alpha value is -3.42. The van der Waals surface area contributed by atoms with Gasteiger partial charge in [0.2, 0.25) is 0 Å². The van der Waals surface area contributed by atoms with Gasteiger partial charge in [-0.15, -0.1) is 0 Å². The summed E-state index contributed by atoms with van der Waals surface area (Å²) < 4.78 is 3.72. The summed E-state index contributed by atoms with van der Waals surface area (Å²) >= 11 is 0. The van der Waals surface area contributed by atoms with Crippen LogP contribution in [0.5, 0.6) is 0 Å². The van der Waals surface area contributed by atoms with Crippen LogP contribution in [0.2, 0.25) is 0 Å². The molecular weight excluding hydrogens is 368 g/mol. The number of amides is 2. The van der Waals surface area contributed by atoms with Gasteiger partial charge in [0.05, 0.1) is 11.7 Å². The number of primary amides is 1. The van der Waals surface area contributed by atoms with Gasteiger partial charge in [0.15, 0.2) is 0 Å². The number of imidazole rings is 1. The van der Waals surface area contributed by atoms with Crippen LogP contribution in [0.15, 0.2) is 42.6 Å². The number of hydrogen-bond acceptors (Lipinski definition) is 4. The number of nitrogens with two attached hydrogens (primary N) is 1. The molecule has 1 saturated heterocycles. The molecule has 2 atom stereocenters. The van der Waals surface area contributed by atoms with Gasteiger partial charge >= 0.3 is 0 Å². The number of nitrogens with zero attached hydrogens (tertiary/aromatic N) is 5. The van der Waals surface area contributed by atoms with Crippen LogP contribution in [0.25, 0.3) is 11.4 Å². The Balaban J connectivity index is 1.58. The lowest BCUT2D eigenvalue weighted by molar-refractivity contribution is 0.0659. The topological polar surface area (TPSA) is 99.0 Å². The van der Waals surface area contributed by atoms with Crippen LogP contribution in [-0.2, 0) is 20.0 Å². The van der Waals surface area contributed by atoms with Crippen molar-refractivity contribution in [1.82, 2.24) is 24.2 Å². The molecule has 4 heterocycles. The van der Waals surface area contributed by atoms with Crippen LogP contribution in [-0.4, -0.2) is 48.1 Å². The Labute approximate surface area is 167 Å². The van der Waals surface area contributed by atoms with E-state index in [0.29, 0.717) is 24.4 Å². The molecule has 2 N–H and O–H groups in total. The maximum Gasteiger partial charge on any atom is 0.274 e. The average Bonchev–Trinajstić information content (AvgIpc) is 3.37. The van der Waals surface area contributed by atoms with Crippen molar-refractivity contribution in [2.24, 2.45) is 12.8 Å². The van der Waals surface area contributed by atoms with Gasteiger partial charge in [0, 0.05) is 37.8 Å². The van der Waals surface area contributed by atoms with Gasteiger partial charge in [-0.25, -0.2) is 4.98 Å². The third-order valence-corrected chi connectivity index (χ3v) is 5.95. The van der Waals surface area contributed by atoms with E-state index in [2.05, 4.69) is 14.6 Å². The van der Waals surface area contributed by atoms with Crippen LogP contribution in [0, 0.1) is 0 Å². The van der Waals surface area contributed by atoms with E-state index < -0.39 is 5.91 Å². The number of aromatic nitrogens is 4. The zero-order valence-corrected chi connectivity index (χ0v) is 16.2. The van der Waals surface area contributed by atoms with E-state index in [1.807, 2.05) is 35.2 Å². The Kier molecular flexibility index (Phi) is 4.01. The molecule has 3 aromatic rings. The molecule has 1 fully saturated rings. The third-order valence-electron chi connectivity index (χ3n) is 5.95. The second-order valence-electron chi connectivity index (χ2n) is 7.75. The Morgan fingerprint density at radius 3 is 2.55 bits per heavy atom. The first-order valence-electron chi connectivity index (χ1n) is 9.80. The first-order chi connectivity index (χ1) is 14.0. The smallest absolute Gasteiger partial charge is 0.274 e. The van der Waals surface area contributed by atoms with Crippen LogP contribution in [0.1, 0.15) is 39.5 Å². The van der Waals surface area contributed by atoms with Gasteiger partial charge in [-0.3, -0.25) is 14.3 Å². The van der Waals surface area contributed by atoms with Crippen molar-refractivity contribution in [2.45, 2.75) is 37.9 Å². The molecule has 148 valence electrons. The lowest BCUT2D eigenvalue weighted by Crippen LogP contribution is -2.42. The number of carbonyl (C=O) groups is 2. The SMILES string of the molecule is Cn1ccc(C(=O)N2[C@@H]3CC[C@H]2Cc2c(C(N)=O)nc(-c4ccccc4)n2C3)n1. The summed E-state index contributed by atoms with van der Waals surface area (Å²) in [6.07, 6.45) is 4.15. The summed E-state index contributed by atoms with van der Waals surface area (Å²) in [6.45, 7) is 0.592. The fourth-order valence-corrected chi connectivity index (χ4v) is 4.66. The molecule has 2 aromatic heterocycles. The normalized spacial score (nSPS) is 20.4. The molecule has 2 aliphatic rings. The minimum atomic E-state index is -0.531. The summed E-state index contributed by atoms with van der Waals surface area (Å²) in [5, 5.41) is 4.29. The standard InChI is InChI=1S/C21H22N6O2/c1-25-10-9-16(24-25)21(29)27-14-7-8-15(27)12-26-17(11-14)18(19(22)28)23-20(26)13-5-3-2-4-6-13/h2-6,9-10,14-15H,7-8,11-12H2,1H3,(H2,22,28)/t14-,15+/m0/s1. The minimum Gasteiger partial charge on any atom is -0.364 e. The van der Waals surface area contributed by atoms with Crippen LogP contribution >= 0.6 is 0 Å². The lowest BCUT2D eigenvalue weighted by atomic mass is 10.1. The number of carbonyl (C=O) groups excluding carboxylic acids is 2. The van der Waals surface area contributed by atoms with Crippen LogP contribution < -0.4 is 5.73 Å². The maximum absolute atomic E-state index is 13.2. The predicted octanol–water partition coefficient (Wildman–Crippen LogP) is 1.61. The van der Waals surface area contributed by atoms with Gasteiger partial charge in [-0.1, -0.05) is 30.3 Å². The quantitative estimate of drug-likeness (QED) is 0.734. The number of aryl methyl sites for hydroxylation is 1. The van der Waals surface area contributed by atoms with E-state index in [1.165, 1.54) is 0 Å². The van der Waals surface area contributed by atoms with Crippen molar-refractivity contribution < 1.29 is 9.59 Å². The molecule has 8 heteroatoms. The molecule has 8 nitrogen and oxygen atoms in total. The van der Waals surface area contributed by atoms with Gasteiger partial charge in [-0.2, -0.15) is 5.10 Å². The Bertz CT molecular complexity index is 1100. The van der Waals surface area contributed by atoms with Gasteiger partial charge < -0.3 is 15.2 Å². The summed E-state index contributed by atoms with van der Waals surface area (Å²) in [4.78, 5) is 31.9. The van der Waals surface area contributed by atoms with Crippen molar-refractivity contribution in [1.29, 1.82) is 0 Å². The van der Waals surface area contributed by atoms with E-state index in [4.69, 9.17) is 5.73 Å². The predicted molar refractivity (Wildman–Crippen MR) is 106 cm³/mol. The summed E-state index contributed by atoms with van der Waals surface area (Å²) in [7, 11) is 1.80. The highest BCUT2D eigenvalue weighted by molar-refractivity contribution is 5.94. The lowest BCUT2D eigenvalue weighted by Gasteiger charge is -2.27. The first-order valence-corrected chi connectivity index (χ1v) is 9.80. The highest BCUT2D eigenvalue weighted by atomic mass is 16.2. The van der Waals surface area contributed by atoms with E-state index in [1.54, 1.807) is 24.0 Å². The molecule has 1 aromatic carbocycles. The van der Waals surface area contributed by atoms with Crippen molar-refractivity contribution >= 4 is 11.8 Å². The van der Waals surface area contributed by atoms with Crippen molar-refractivity contribution in [2.75, 3.05) is 0 Å². The zero-order chi connectivity index (χ0) is 20.1. The molecule has 0 aliphatic carbocycles. The molecule has 2 bridgehead atoms. The van der Waals surface area contributed by atoms with Crippen LogP contribution in [0.3, 0.4) is 0 Å². The highest BCUT2D eigenvalue weighted by Gasteiger charge is 2.42. The van der Waals surface area contributed by atoms with Gasteiger partial charge in [0.1, 0.15) is 17.2 Å². The number of rotatable bonds is 3. The highest BCUT2D eigenvalue weighted by Crippen LogP contribution is 2.36. The molecule has 2 amide bonds. The molecule has 0 unspecified atom stereocenters. The number of hydrogen-bond donors (Lipinski definition) is 1. The van der Waals surface area contributed by atoms with E-state index in [9.17, 15) is 9.59 Å². The van der Waals surface area contributed by atoms with Crippen molar-refractivity contribution in [3.8, 4) is 11.4 Å². The second-order valence-corrected chi connectivity index (χ2v) is 7.75. The first kappa shape index (κ1) is 17.7. The third kappa shape index (κ3) is 2.83. The fourth-order valence-electron chi connectivity index (χ4n) is 4.66.